The molecule has 0 spiro atoms. The lowest BCUT2D eigenvalue weighted by atomic mass is 10.3. The summed E-state index contributed by atoms with van der Waals surface area (Å²) in [7, 11) is -0.818. The van der Waals surface area contributed by atoms with Crippen LogP contribution in [-0.2, 0) is 10.0 Å². The van der Waals surface area contributed by atoms with E-state index in [1.807, 2.05) is 30.3 Å². The molecule has 0 aliphatic carbocycles. The van der Waals surface area contributed by atoms with Gasteiger partial charge in [0.05, 0.1) is 30.1 Å². The average Bonchev–Trinajstić information content (AvgIpc) is 2.79. The number of benzene rings is 3. The molecule has 1 heterocycles. The van der Waals surface area contributed by atoms with Crippen LogP contribution in [0.25, 0.3) is 11.0 Å². The Labute approximate surface area is 179 Å². The molecule has 0 fully saturated rings. The summed E-state index contributed by atoms with van der Waals surface area (Å²) in [5.74, 6) is 1.56. The third-order valence-electron chi connectivity index (χ3n) is 4.50. The molecule has 0 saturated carbocycles. The minimum Gasteiger partial charge on any atom is -0.497 e. The Balaban J connectivity index is 1.75. The van der Waals surface area contributed by atoms with Crippen LogP contribution in [0.2, 0.25) is 0 Å². The van der Waals surface area contributed by atoms with Gasteiger partial charge in [0.1, 0.15) is 11.5 Å². The molecule has 0 radical (unpaired) electrons. The third kappa shape index (κ3) is 4.51. The normalized spacial score (nSPS) is 11.2. The lowest BCUT2D eigenvalue weighted by molar-refractivity contribution is 0.414. The van der Waals surface area contributed by atoms with E-state index in [4.69, 9.17) is 9.47 Å². The Kier molecular flexibility index (Phi) is 5.59. The van der Waals surface area contributed by atoms with E-state index >= 15 is 0 Å². The molecule has 4 rings (SSSR count). The first kappa shape index (κ1) is 20.4. The van der Waals surface area contributed by atoms with Crippen LogP contribution in [0.3, 0.4) is 0 Å². The number of hydrogen-bond donors (Lipinski definition) is 2. The molecule has 0 bridgehead atoms. The molecule has 0 amide bonds. The predicted molar refractivity (Wildman–Crippen MR) is 120 cm³/mol. The molecule has 158 valence electrons. The van der Waals surface area contributed by atoms with Crippen molar-refractivity contribution in [3.05, 3.63) is 72.8 Å². The lowest BCUT2D eigenvalue weighted by Gasteiger charge is -2.14. The average molecular weight is 436 g/mol. The summed E-state index contributed by atoms with van der Waals surface area (Å²) in [6.07, 6.45) is 0. The van der Waals surface area contributed by atoms with Gasteiger partial charge in [-0.25, -0.2) is 18.4 Å². The quantitative estimate of drug-likeness (QED) is 0.448. The highest BCUT2D eigenvalue weighted by Gasteiger charge is 2.19. The van der Waals surface area contributed by atoms with Gasteiger partial charge >= 0.3 is 0 Å². The maximum absolute atomic E-state index is 13.0. The standard InChI is InChI=1S/C22H20N4O4S/c1-29-16-10-12-18(13-11-16)31(27,28)26-22-21(23-15-6-5-7-17(14-15)30-2)24-19-8-3-4-9-20(19)25-22/h3-14H,1-2H3,(H,23,24)(H,25,26). The van der Waals surface area contributed by atoms with Crippen LogP contribution < -0.4 is 19.5 Å². The van der Waals surface area contributed by atoms with Gasteiger partial charge in [-0.05, 0) is 48.5 Å². The van der Waals surface area contributed by atoms with E-state index in [0.717, 1.165) is 0 Å². The third-order valence-corrected chi connectivity index (χ3v) is 5.86. The van der Waals surface area contributed by atoms with Crippen LogP contribution in [0.4, 0.5) is 17.3 Å². The fourth-order valence-corrected chi connectivity index (χ4v) is 3.95. The minimum absolute atomic E-state index is 0.0792. The van der Waals surface area contributed by atoms with E-state index in [2.05, 4.69) is 20.0 Å². The second-order valence-corrected chi connectivity index (χ2v) is 8.23. The van der Waals surface area contributed by atoms with Gasteiger partial charge in [-0.15, -0.1) is 0 Å². The van der Waals surface area contributed by atoms with Gasteiger partial charge in [-0.1, -0.05) is 18.2 Å². The van der Waals surface area contributed by atoms with Crippen LogP contribution in [0.15, 0.2) is 77.7 Å². The van der Waals surface area contributed by atoms with Crippen LogP contribution >= 0.6 is 0 Å². The number of methoxy groups -OCH3 is 2. The number of para-hydroxylation sites is 2. The van der Waals surface area contributed by atoms with Crippen molar-refractivity contribution in [2.45, 2.75) is 4.90 Å². The molecule has 0 saturated heterocycles. The number of anilines is 3. The Hall–Kier alpha value is -3.85. The smallest absolute Gasteiger partial charge is 0.263 e. The van der Waals surface area contributed by atoms with Gasteiger partial charge in [0.25, 0.3) is 10.0 Å². The van der Waals surface area contributed by atoms with Crippen molar-refractivity contribution in [2.24, 2.45) is 0 Å². The summed E-state index contributed by atoms with van der Waals surface area (Å²) >= 11 is 0. The second kappa shape index (κ2) is 8.49. The number of nitrogens with zero attached hydrogens (tertiary/aromatic N) is 2. The molecule has 0 aliphatic rings. The SMILES string of the molecule is COc1ccc(S(=O)(=O)Nc2nc3ccccc3nc2Nc2cccc(OC)c2)cc1. The van der Waals surface area contributed by atoms with Crippen LogP contribution in [0.1, 0.15) is 0 Å². The van der Waals surface area contributed by atoms with Crippen molar-refractivity contribution in [2.75, 3.05) is 24.3 Å². The van der Waals surface area contributed by atoms with Crippen molar-refractivity contribution >= 4 is 38.4 Å². The van der Waals surface area contributed by atoms with Crippen molar-refractivity contribution < 1.29 is 17.9 Å². The fourth-order valence-electron chi connectivity index (χ4n) is 2.94. The Morgan fingerprint density at radius 1 is 0.742 bits per heavy atom. The van der Waals surface area contributed by atoms with E-state index < -0.39 is 10.0 Å². The van der Waals surface area contributed by atoms with Crippen molar-refractivity contribution in [1.29, 1.82) is 0 Å². The first-order valence-electron chi connectivity index (χ1n) is 9.33. The highest BCUT2D eigenvalue weighted by molar-refractivity contribution is 7.92. The number of hydrogen-bond acceptors (Lipinski definition) is 7. The highest BCUT2D eigenvalue weighted by atomic mass is 32.2. The zero-order valence-corrected chi connectivity index (χ0v) is 17.7. The Morgan fingerprint density at radius 2 is 1.39 bits per heavy atom. The molecule has 2 N–H and O–H groups in total. The molecule has 9 heteroatoms. The Morgan fingerprint density at radius 3 is 2.03 bits per heavy atom. The first-order chi connectivity index (χ1) is 15.0. The van der Waals surface area contributed by atoms with Crippen molar-refractivity contribution in [3.63, 3.8) is 0 Å². The molecule has 8 nitrogen and oxygen atoms in total. The number of aromatic nitrogens is 2. The molecule has 0 unspecified atom stereocenters. The second-order valence-electron chi connectivity index (χ2n) is 6.55. The van der Waals surface area contributed by atoms with Gasteiger partial charge in [0, 0.05) is 11.8 Å². The molecule has 1 aromatic heterocycles. The van der Waals surface area contributed by atoms with Gasteiger partial charge in [0.15, 0.2) is 11.6 Å². The number of nitrogens with one attached hydrogen (secondary N) is 2. The number of fused-ring (bicyclic) bond motifs is 1. The number of sulfonamides is 1. The van der Waals surface area contributed by atoms with Gasteiger partial charge in [0.2, 0.25) is 0 Å². The van der Waals surface area contributed by atoms with Crippen molar-refractivity contribution in [1.82, 2.24) is 9.97 Å². The zero-order valence-electron chi connectivity index (χ0n) is 16.9. The molecule has 4 aromatic rings. The summed E-state index contributed by atoms with van der Waals surface area (Å²) in [5.41, 5.74) is 1.86. The number of rotatable bonds is 7. The zero-order chi connectivity index (χ0) is 21.8. The molecule has 0 aliphatic heterocycles. The van der Waals surface area contributed by atoms with Gasteiger partial charge < -0.3 is 14.8 Å². The van der Waals surface area contributed by atoms with E-state index in [1.54, 1.807) is 37.4 Å². The summed E-state index contributed by atoms with van der Waals surface area (Å²) < 4.78 is 38.8. The molecule has 0 atom stereocenters. The lowest BCUT2D eigenvalue weighted by Crippen LogP contribution is -2.16. The van der Waals surface area contributed by atoms with Gasteiger partial charge in [-0.3, -0.25) is 4.72 Å². The molecular formula is C22H20N4O4S. The summed E-state index contributed by atoms with van der Waals surface area (Å²) in [5, 5.41) is 3.13. The minimum atomic E-state index is -3.91. The van der Waals surface area contributed by atoms with E-state index in [-0.39, 0.29) is 16.5 Å². The maximum Gasteiger partial charge on any atom is 0.263 e. The van der Waals surface area contributed by atoms with E-state index in [0.29, 0.717) is 28.2 Å². The summed E-state index contributed by atoms with van der Waals surface area (Å²) in [6, 6.07) is 20.5. The van der Waals surface area contributed by atoms with Crippen LogP contribution in [0.5, 0.6) is 11.5 Å². The van der Waals surface area contributed by atoms with E-state index in [1.165, 1.54) is 19.2 Å². The largest absolute Gasteiger partial charge is 0.497 e. The fraction of sp³-hybridized carbons (Fsp3) is 0.0909. The monoisotopic (exact) mass is 436 g/mol. The maximum atomic E-state index is 13.0. The van der Waals surface area contributed by atoms with E-state index in [9.17, 15) is 8.42 Å². The summed E-state index contributed by atoms with van der Waals surface area (Å²) in [4.78, 5) is 9.14. The molecule has 31 heavy (non-hydrogen) atoms. The predicted octanol–water partition coefficient (Wildman–Crippen LogP) is 4.19. The van der Waals surface area contributed by atoms with Crippen molar-refractivity contribution in [3.8, 4) is 11.5 Å². The van der Waals surface area contributed by atoms with Crippen LogP contribution in [-0.4, -0.2) is 32.6 Å². The highest BCUT2D eigenvalue weighted by Crippen LogP contribution is 2.28. The summed E-state index contributed by atoms with van der Waals surface area (Å²) in [6.45, 7) is 0. The molecule has 3 aromatic carbocycles. The Bertz CT molecular complexity index is 1330. The van der Waals surface area contributed by atoms with Crippen LogP contribution in [0, 0.1) is 0 Å². The van der Waals surface area contributed by atoms with Gasteiger partial charge in [-0.2, -0.15) is 0 Å². The topological polar surface area (TPSA) is 102 Å². The molecular weight excluding hydrogens is 416 g/mol. The first-order valence-corrected chi connectivity index (χ1v) is 10.8. The number of ether oxygens (including phenoxy) is 2.